The van der Waals surface area contributed by atoms with Gasteiger partial charge in [0.05, 0.1) is 6.61 Å². The number of hydrogen-bond acceptors (Lipinski definition) is 2. The summed E-state index contributed by atoms with van der Waals surface area (Å²) in [7, 11) is 0. The van der Waals surface area contributed by atoms with Gasteiger partial charge in [-0.05, 0) is 29.8 Å². The van der Waals surface area contributed by atoms with Crippen molar-refractivity contribution in [2.24, 2.45) is 0 Å². The number of nitrogens with one attached hydrogen (secondary N) is 1. The van der Waals surface area contributed by atoms with Crippen molar-refractivity contribution in [1.82, 2.24) is 0 Å². The Bertz CT molecular complexity index is 568. The highest BCUT2D eigenvalue weighted by Crippen LogP contribution is 2.28. The molecule has 1 aliphatic heterocycles. The number of benzene rings is 2. The highest BCUT2D eigenvalue weighted by molar-refractivity contribution is 5.52. The van der Waals surface area contributed by atoms with E-state index in [0.29, 0.717) is 12.1 Å². The molecule has 18 heavy (non-hydrogen) atoms. The summed E-state index contributed by atoms with van der Waals surface area (Å²) in [6, 6.07) is 12.8. The summed E-state index contributed by atoms with van der Waals surface area (Å²) in [6.07, 6.45) is 0.949. The first kappa shape index (κ1) is 11.1. The van der Waals surface area contributed by atoms with Gasteiger partial charge >= 0.3 is 0 Å². The number of ether oxygens (including phenoxy) is 1. The largest absolute Gasteiger partial charge is 0.493 e. The molecule has 1 aliphatic rings. The smallest absolute Gasteiger partial charge is 0.128 e. The Labute approximate surface area is 105 Å². The predicted molar refractivity (Wildman–Crippen MR) is 69.4 cm³/mol. The average molecular weight is 243 g/mol. The maximum absolute atomic E-state index is 13.5. The van der Waals surface area contributed by atoms with E-state index >= 15 is 0 Å². The fraction of sp³-hybridized carbons (Fsp3) is 0.200. The molecule has 2 aromatic rings. The zero-order valence-electron chi connectivity index (χ0n) is 9.95. The summed E-state index contributed by atoms with van der Waals surface area (Å²) in [5.74, 6) is 0.793. The predicted octanol–water partition coefficient (Wildman–Crippen LogP) is 3.37. The van der Waals surface area contributed by atoms with Crippen LogP contribution in [0.1, 0.15) is 11.1 Å². The molecule has 0 spiro atoms. The number of fused-ring (bicyclic) bond motifs is 1. The number of rotatable bonds is 3. The number of anilines is 1. The molecule has 92 valence electrons. The molecule has 3 rings (SSSR count). The van der Waals surface area contributed by atoms with Crippen LogP contribution in [0, 0.1) is 5.82 Å². The second-order valence-corrected chi connectivity index (χ2v) is 4.37. The molecule has 0 bridgehead atoms. The van der Waals surface area contributed by atoms with E-state index < -0.39 is 0 Å². The summed E-state index contributed by atoms with van der Waals surface area (Å²) < 4.78 is 18.9. The third-order valence-electron chi connectivity index (χ3n) is 3.13. The van der Waals surface area contributed by atoms with E-state index in [4.69, 9.17) is 4.74 Å². The van der Waals surface area contributed by atoms with E-state index in [9.17, 15) is 4.39 Å². The lowest BCUT2D eigenvalue weighted by atomic mass is 10.1. The molecule has 0 unspecified atom stereocenters. The maximum atomic E-state index is 13.5. The van der Waals surface area contributed by atoms with Gasteiger partial charge in [-0.15, -0.1) is 0 Å². The van der Waals surface area contributed by atoms with Crippen LogP contribution in [0.25, 0.3) is 0 Å². The number of halogens is 1. The van der Waals surface area contributed by atoms with Crippen LogP contribution < -0.4 is 10.1 Å². The molecule has 0 fully saturated rings. The van der Waals surface area contributed by atoms with Crippen molar-refractivity contribution in [3.05, 3.63) is 59.4 Å². The monoisotopic (exact) mass is 243 g/mol. The van der Waals surface area contributed by atoms with Gasteiger partial charge < -0.3 is 10.1 Å². The Kier molecular flexibility index (Phi) is 2.89. The second-order valence-electron chi connectivity index (χ2n) is 4.37. The van der Waals surface area contributed by atoms with Crippen LogP contribution in [-0.4, -0.2) is 6.61 Å². The highest BCUT2D eigenvalue weighted by atomic mass is 19.1. The third-order valence-corrected chi connectivity index (χ3v) is 3.13. The number of hydrogen-bond donors (Lipinski definition) is 1. The lowest BCUT2D eigenvalue weighted by molar-refractivity contribution is 0.357. The van der Waals surface area contributed by atoms with Crippen LogP contribution in [0.15, 0.2) is 42.5 Å². The Morgan fingerprint density at radius 2 is 2.06 bits per heavy atom. The second kappa shape index (κ2) is 4.69. The lowest BCUT2D eigenvalue weighted by Gasteiger charge is -2.08. The van der Waals surface area contributed by atoms with Gasteiger partial charge in [0.25, 0.3) is 0 Å². The first-order valence-electron chi connectivity index (χ1n) is 6.06. The topological polar surface area (TPSA) is 21.3 Å². The molecular weight excluding hydrogens is 229 g/mol. The van der Waals surface area contributed by atoms with Gasteiger partial charge in [0.2, 0.25) is 0 Å². The van der Waals surface area contributed by atoms with Crippen molar-refractivity contribution in [3.8, 4) is 5.75 Å². The standard InChI is InChI=1S/C15H14FNO/c16-14-4-2-1-3-12(14)10-17-13-5-6-15-11(9-13)7-8-18-15/h1-6,9,17H,7-8,10H2. The van der Waals surface area contributed by atoms with E-state index in [2.05, 4.69) is 11.4 Å². The zero-order valence-corrected chi connectivity index (χ0v) is 9.95. The SMILES string of the molecule is Fc1ccccc1CNc1ccc2c(c1)CCO2. The van der Waals surface area contributed by atoms with Gasteiger partial charge in [-0.1, -0.05) is 18.2 Å². The Morgan fingerprint density at radius 1 is 1.17 bits per heavy atom. The Hall–Kier alpha value is -2.03. The van der Waals surface area contributed by atoms with E-state index in [-0.39, 0.29) is 5.82 Å². The van der Waals surface area contributed by atoms with Gasteiger partial charge in [-0.25, -0.2) is 4.39 Å². The molecule has 2 aromatic carbocycles. The minimum atomic E-state index is -0.172. The van der Waals surface area contributed by atoms with Crippen molar-refractivity contribution in [2.75, 3.05) is 11.9 Å². The summed E-state index contributed by atoms with van der Waals surface area (Å²) in [5.41, 5.74) is 2.89. The summed E-state index contributed by atoms with van der Waals surface area (Å²) in [4.78, 5) is 0. The fourth-order valence-electron chi connectivity index (χ4n) is 2.14. The summed E-state index contributed by atoms with van der Waals surface area (Å²) >= 11 is 0. The highest BCUT2D eigenvalue weighted by Gasteiger charge is 2.11. The van der Waals surface area contributed by atoms with E-state index in [0.717, 1.165) is 24.5 Å². The van der Waals surface area contributed by atoms with Crippen molar-refractivity contribution in [1.29, 1.82) is 0 Å². The maximum Gasteiger partial charge on any atom is 0.128 e. The van der Waals surface area contributed by atoms with Crippen LogP contribution in [0.4, 0.5) is 10.1 Å². The molecule has 0 saturated heterocycles. The molecule has 0 radical (unpaired) electrons. The van der Waals surface area contributed by atoms with Gasteiger partial charge in [-0.2, -0.15) is 0 Å². The van der Waals surface area contributed by atoms with E-state index in [1.807, 2.05) is 18.2 Å². The first-order valence-corrected chi connectivity index (χ1v) is 6.06. The van der Waals surface area contributed by atoms with Gasteiger partial charge in [0.1, 0.15) is 11.6 Å². The Balaban J connectivity index is 1.72. The molecule has 0 saturated carbocycles. The molecule has 3 heteroatoms. The van der Waals surface area contributed by atoms with Gasteiger partial charge in [0.15, 0.2) is 0 Å². The van der Waals surface area contributed by atoms with E-state index in [1.54, 1.807) is 12.1 Å². The fourth-order valence-corrected chi connectivity index (χ4v) is 2.14. The molecular formula is C15H14FNO. The van der Waals surface area contributed by atoms with Gasteiger partial charge in [0, 0.05) is 24.2 Å². The molecule has 0 aromatic heterocycles. The minimum Gasteiger partial charge on any atom is -0.493 e. The third kappa shape index (κ3) is 2.16. The van der Waals surface area contributed by atoms with Crippen LogP contribution in [0.3, 0.4) is 0 Å². The van der Waals surface area contributed by atoms with Crippen molar-refractivity contribution in [2.45, 2.75) is 13.0 Å². The summed E-state index contributed by atoms with van der Waals surface area (Å²) in [6.45, 7) is 1.25. The van der Waals surface area contributed by atoms with Crippen LogP contribution in [-0.2, 0) is 13.0 Å². The minimum absolute atomic E-state index is 0.172. The van der Waals surface area contributed by atoms with Gasteiger partial charge in [-0.3, -0.25) is 0 Å². The molecule has 1 N–H and O–H groups in total. The quantitative estimate of drug-likeness (QED) is 0.892. The molecule has 0 atom stereocenters. The normalized spacial score (nSPS) is 12.9. The van der Waals surface area contributed by atoms with E-state index in [1.165, 1.54) is 11.6 Å². The van der Waals surface area contributed by atoms with Crippen molar-refractivity contribution < 1.29 is 9.13 Å². The van der Waals surface area contributed by atoms with Crippen LogP contribution in [0.5, 0.6) is 5.75 Å². The molecule has 1 heterocycles. The van der Waals surface area contributed by atoms with Crippen molar-refractivity contribution >= 4 is 5.69 Å². The molecule has 2 nitrogen and oxygen atoms in total. The van der Waals surface area contributed by atoms with Crippen LogP contribution >= 0.6 is 0 Å². The lowest BCUT2D eigenvalue weighted by Crippen LogP contribution is -2.01. The van der Waals surface area contributed by atoms with Crippen molar-refractivity contribution in [3.63, 3.8) is 0 Å². The summed E-state index contributed by atoms with van der Waals surface area (Å²) in [5, 5.41) is 3.24. The van der Waals surface area contributed by atoms with Crippen LogP contribution in [0.2, 0.25) is 0 Å². The molecule has 0 aliphatic carbocycles. The zero-order chi connectivity index (χ0) is 12.4. The average Bonchev–Trinajstić information content (AvgIpc) is 2.85. The Morgan fingerprint density at radius 3 is 2.94 bits per heavy atom. The molecule has 0 amide bonds. The first-order chi connectivity index (χ1) is 8.83.